The Hall–Kier alpha value is -3.20. The summed E-state index contributed by atoms with van der Waals surface area (Å²) < 4.78 is 13.1. The van der Waals surface area contributed by atoms with Crippen molar-refractivity contribution in [2.75, 3.05) is 16.8 Å². The number of rotatable bonds is 4. The average molecular weight is 311 g/mol. The van der Waals surface area contributed by atoms with Crippen LogP contribution in [-0.2, 0) is 9.59 Å². The molecule has 23 heavy (non-hydrogen) atoms. The van der Waals surface area contributed by atoms with Gasteiger partial charge in [0, 0.05) is 18.3 Å². The van der Waals surface area contributed by atoms with Gasteiger partial charge in [-0.05, 0) is 36.4 Å². The lowest BCUT2D eigenvalue weighted by Crippen LogP contribution is -2.36. The molecule has 0 atom stereocenters. The fourth-order valence-corrected chi connectivity index (χ4v) is 2.04. The van der Waals surface area contributed by atoms with Crippen LogP contribution in [0.1, 0.15) is 12.5 Å². The lowest BCUT2D eigenvalue weighted by atomic mass is 10.2. The molecule has 0 saturated heterocycles. The molecule has 0 aromatic heterocycles. The van der Waals surface area contributed by atoms with Crippen LogP contribution >= 0.6 is 0 Å². The van der Waals surface area contributed by atoms with E-state index in [2.05, 4.69) is 5.32 Å². The van der Waals surface area contributed by atoms with E-state index < -0.39 is 11.7 Å². The highest BCUT2D eigenvalue weighted by molar-refractivity contribution is 6.01. The quantitative estimate of drug-likeness (QED) is 0.943. The summed E-state index contributed by atoms with van der Waals surface area (Å²) in [6.45, 7) is 1.09. The number of carbonyl (C=O) groups excluding carboxylic acids is 2. The van der Waals surface area contributed by atoms with E-state index >= 15 is 0 Å². The Morgan fingerprint density at radius 2 is 1.96 bits per heavy atom. The second-order valence-electron chi connectivity index (χ2n) is 4.83. The molecular formula is C17H14FN3O2. The van der Waals surface area contributed by atoms with E-state index in [1.54, 1.807) is 24.3 Å². The molecule has 1 N–H and O–H groups in total. The molecule has 116 valence electrons. The number of halogens is 1. The zero-order chi connectivity index (χ0) is 16.8. The Balaban J connectivity index is 2.14. The van der Waals surface area contributed by atoms with Gasteiger partial charge in [0.05, 0.1) is 11.6 Å². The molecule has 0 spiro atoms. The molecule has 2 aromatic rings. The highest BCUT2D eigenvalue weighted by Crippen LogP contribution is 2.16. The lowest BCUT2D eigenvalue weighted by molar-refractivity contribution is -0.120. The first kappa shape index (κ1) is 16.2. The maximum Gasteiger partial charge on any atom is 0.244 e. The van der Waals surface area contributed by atoms with Crippen LogP contribution in [-0.4, -0.2) is 18.4 Å². The number of nitrogens with zero attached hydrogens (tertiary/aromatic N) is 2. The summed E-state index contributed by atoms with van der Waals surface area (Å²) in [7, 11) is 0. The third-order valence-corrected chi connectivity index (χ3v) is 3.08. The Bertz CT molecular complexity index is 783. The summed E-state index contributed by atoms with van der Waals surface area (Å²) in [5, 5.41) is 11.4. The zero-order valence-corrected chi connectivity index (χ0v) is 12.4. The van der Waals surface area contributed by atoms with Crippen LogP contribution in [0.2, 0.25) is 0 Å². The Morgan fingerprint density at radius 3 is 2.61 bits per heavy atom. The van der Waals surface area contributed by atoms with E-state index in [0.29, 0.717) is 16.9 Å². The first-order valence-corrected chi connectivity index (χ1v) is 6.83. The molecule has 0 heterocycles. The van der Waals surface area contributed by atoms with Crippen molar-refractivity contribution in [3.05, 3.63) is 59.9 Å². The van der Waals surface area contributed by atoms with Crippen LogP contribution in [0.25, 0.3) is 0 Å². The summed E-state index contributed by atoms with van der Waals surface area (Å²) in [6, 6.07) is 13.9. The SMILES string of the molecule is CC(=O)N(CC(=O)Nc1cccc(F)c1)c1cccc(C#N)c1. The molecule has 2 rings (SSSR count). The molecule has 0 aliphatic carbocycles. The van der Waals surface area contributed by atoms with E-state index in [9.17, 15) is 14.0 Å². The van der Waals surface area contributed by atoms with Gasteiger partial charge in [-0.2, -0.15) is 5.26 Å². The molecule has 2 aromatic carbocycles. The molecule has 6 heteroatoms. The van der Waals surface area contributed by atoms with Gasteiger partial charge in [0.2, 0.25) is 11.8 Å². The molecule has 0 aliphatic heterocycles. The lowest BCUT2D eigenvalue weighted by Gasteiger charge is -2.20. The van der Waals surface area contributed by atoms with Gasteiger partial charge >= 0.3 is 0 Å². The van der Waals surface area contributed by atoms with Gasteiger partial charge in [0.1, 0.15) is 12.4 Å². The predicted octanol–water partition coefficient (Wildman–Crippen LogP) is 2.69. The van der Waals surface area contributed by atoms with E-state index in [4.69, 9.17) is 5.26 Å². The number of hydrogen-bond acceptors (Lipinski definition) is 3. The molecule has 0 unspecified atom stereocenters. The van der Waals surface area contributed by atoms with Crippen molar-refractivity contribution in [3.8, 4) is 6.07 Å². The van der Waals surface area contributed by atoms with Crippen molar-refractivity contribution in [1.29, 1.82) is 5.26 Å². The Kier molecular flexibility index (Phi) is 5.05. The van der Waals surface area contributed by atoms with Crippen molar-refractivity contribution < 1.29 is 14.0 Å². The minimum absolute atomic E-state index is 0.235. The van der Waals surface area contributed by atoms with Crippen LogP contribution in [0, 0.1) is 17.1 Å². The molecule has 5 nitrogen and oxygen atoms in total. The van der Waals surface area contributed by atoms with Gasteiger partial charge in [-0.1, -0.05) is 12.1 Å². The summed E-state index contributed by atoms with van der Waals surface area (Å²) in [4.78, 5) is 25.1. The zero-order valence-electron chi connectivity index (χ0n) is 12.4. The van der Waals surface area contributed by atoms with Gasteiger partial charge < -0.3 is 10.2 Å². The average Bonchev–Trinajstić information content (AvgIpc) is 2.52. The van der Waals surface area contributed by atoms with Crippen molar-refractivity contribution in [2.45, 2.75) is 6.92 Å². The van der Waals surface area contributed by atoms with E-state index in [-0.39, 0.29) is 12.5 Å². The second-order valence-corrected chi connectivity index (χ2v) is 4.83. The largest absolute Gasteiger partial charge is 0.324 e. The molecule has 2 amide bonds. The van der Waals surface area contributed by atoms with E-state index in [1.807, 2.05) is 6.07 Å². The van der Waals surface area contributed by atoms with Crippen molar-refractivity contribution in [3.63, 3.8) is 0 Å². The number of hydrogen-bond donors (Lipinski definition) is 1. The van der Waals surface area contributed by atoms with Crippen molar-refractivity contribution in [1.82, 2.24) is 0 Å². The standard InChI is InChI=1S/C17H14FN3O2/c1-12(22)21(16-7-2-4-13(8-16)10-19)11-17(23)20-15-6-3-5-14(18)9-15/h2-9H,11H2,1H3,(H,20,23). The van der Waals surface area contributed by atoms with Crippen LogP contribution in [0.3, 0.4) is 0 Å². The highest BCUT2D eigenvalue weighted by Gasteiger charge is 2.16. The molecule has 0 radical (unpaired) electrons. The number of amides is 2. The maximum absolute atomic E-state index is 13.1. The van der Waals surface area contributed by atoms with E-state index in [0.717, 1.165) is 0 Å². The van der Waals surface area contributed by atoms with E-state index in [1.165, 1.54) is 36.1 Å². The predicted molar refractivity (Wildman–Crippen MR) is 84.2 cm³/mol. The van der Waals surface area contributed by atoms with Crippen LogP contribution in [0.5, 0.6) is 0 Å². The number of benzene rings is 2. The highest BCUT2D eigenvalue weighted by atomic mass is 19.1. The maximum atomic E-state index is 13.1. The minimum atomic E-state index is -0.465. The third-order valence-electron chi connectivity index (χ3n) is 3.08. The Morgan fingerprint density at radius 1 is 1.22 bits per heavy atom. The summed E-state index contributed by atoms with van der Waals surface area (Å²) in [6.07, 6.45) is 0. The fraction of sp³-hybridized carbons (Fsp3) is 0.118. The summed E-state index contributed by atoms with van der Waals surface area (Å²) in [5.41, 5.74) is 1.15. The Labute approximate surface area is 133 Å². The van der Waals surface area contributed by atoms with Crippen LogP contribution in [0.4, 0.5) is 15.8 Å². The number of anilines is 2. The molecule has 0 saturated carbocycles. The number of nitrogens with one attached hydrogen (secondary N) is 1. The third kappa shape index (κ3) is 4.38. The molecular weight excluding hydrogens is 297 g/mol. The molecule has 0 bridgehead atoms. The van der Waals surface area contributed by atoms with Crippen LogP contribution < -0.4 is 10.2 Å². The van der Waals surface area contributed by atoms with Gasteiger partial charge in [-0.3, -0.25) is 9.59 Å². The topological polar surface area (TPSA) is 73.2 Å². The molecule has 0 fully saturated rings. The molecule has 0 aliphatic rings. The fourth-order valence-electron chi connectivity index (χ4n) is 2.04. The number of nitriles is 1. The summed E-state index contributed by atoms with van der Waals surface area (Å²) in [5.74, 6) is -1.27. The van der Waals surface area contributed by atoms with Crippen molar-refractivity contribution >= 4 is 23.2 Å². The summed E-state index contributed by atoms with van der Waals surface area (Å²) >= 11 is 0. The van der Waals surface area contributed by atoms with Crippen LogP contribution in [0.15, 0.2) is 48.5 Å². The van der Waals surface area contributed by atoms with Gasteiger partial charge in [-0.25, -0.2) is 4.39 Å². The first-order valence-electron chi connectivity index (χ1n) is 6.83. The first-order chi connectivity index (χ1) is 11.0. The normalized spacial score (nSPS) is 9.78. The number of carbonyl (C=O) groups is 2. The van der Waals surface area contributed by atoms with Gasteiger partial charge in [0.15, 0.2) is 0 Å². The van der Waals surface area contributed by atoms with Gasteiger partial charge in [0.25, 0.3) is 0 Å². The van der Waals surface area contributed by atoms with Gasteiger partial charge in [-0.15, -0.1) is 0 Å². The second kappa shape index (κ2) is 7.18. The minimum Gasteiger partial charge on any atom is -0.324 e. The smallest absolute Gasteiger partial charge is 0.244 e. The monoisotopic (exact) mass is 311 g/mol. The van der Waals surface area contributed by atoms with Crippen molar-refractivity contribution in [2.24, 2.45) is 0 Å².